The van der Waals surface area contributed by atoms with Gasteiger partial charge in [0.15, 0.2) is 0 Å². The highest BCUT2D eigenvalue weighted by atomic mass is 16.5. The van der Waals surface area contributed by atoms with Crippen LogP contribution in [0.2, 0.25) is 0 Å². The Kier molecular flexibility index (Phi) is 6.74. The number of ether oxygens (including phenoxy) is 1. The van der Waals surface area contributed by atoms with Gasteiger partial charge in [0.2, 0.25) is 0 Å². The molecule has 0 radical (unpaired) electrons. The summed E-state index contributed by atoms with van der Waals surface area (Å²) in [5.74, 6) is 2.31. The molecule has 1 atom stereocenters. The number of para-hydroxylation sites is 1. The van der Waals surface area contributed by atoms with Crippen LogP contribution in [0.1, 0.15) is 45.4 Å². The highest BCUT2D eigenvalue weighted by Gasteiger charge is 2.21. The van der Waals surface area contributed by atoms with Crippen molar-refractivity contribution in [1.82, 2.24) is 4.90 Å². The second-order valence-corrected chi connectivity index (χ2v) is 7.57. The van der Waals surface area contributed by atoms with Gasteiger partial charge < -0.3 is 15.0 Å². The van der Waals surface area contributed by atoms with Gasteiger partial charge in [0.1, 0.15) is 11.5 Å². The van der Waals surface area contributed by atoms with Crippen molar-refractivity contribution in [2.24, 2.45) is 5.92 Å². The molecule has 3 rings (SSSR count). The van der Waals surface area contributed by atoms with Gasteiger partial charge in [-0.05, 0) is 55.7 Å². The number of urea groups is 1. The van der Waals surface area contributed by atoms with Gasteiger partial charge in [-0.1, -0.05) is 50.3 Å². The van der Waals surface area contributed by atoms with E-state index in [1.54, 1.807) is 0 Å². The van der Waals surface area contributed by atoms with Gasteiger partial charge in [0, 0.05) is 18.8 Å². The Labute approximate surface area is 162 Å². The summed E-state index contributed by atoms with van der Waals surface area (Å²) in [6.07, 6.45) is 7.75. The maximum atomic E-state index is 12.6. The van der Waals surface area contributed by atoms with E-state index in [4.69, 9.17) is 4.74 Å². The first-order valence-corrected chi connectivity index (χ1v) is 9.98. The summed E-state index contributed by atoms with van der Waals surface area (Å²) in [6, 6.07) is 17.3. The molecule has 2 aromatic rings. The number of hydrogen-bond acceptors (Lipinski definition) is 2. The van der Waals surface area contributed by atoms with Crippen molar-refractivity contribution in [1.29, 1.82) is 0 Å². The van der Waals surface area contributed by atoms with E-state index >= 15 is 0 Å². The molecule has 0 heterocycles. The lowest BCUT2D eigenvalue weighted by Gasteiger charge is -2.30. The molecular formula is C23H30N2O2. The summed E-state index contributed by atoms with van der Waals surface area (Å²) in [7, 11) is 1.88. The lowest BCUT2D eigenvalue weighted by molar-refractivity contribution is 0.190. The van der Waals surface area contributed by atoms with Crippen LogP contribution >= 0.6 is 0 Å². The Balaban J connectivity index is 1.50. The van der Waals surface area contributed by atoms with Crippen LogP contribution < -0.4 is 10.1 Å². The summed E-state index contributed by atoms with van der Waals surface area (Å²) >= 11 is 0. The Morgan fingerprint density at radius 3 is 2.33 bits per heavy atom. The van der Waals surface area contributed by atoms with Gasteiger partial charge in [-0.15, -0.1) is 0 Å². The SMILES string of the molecule is CC(CC1CCCCC1)N(C)C(=O)Nc1ccc(Oc2ccccc2)cc1. The number of carbonyl (C=O) groups is 1. The fourth-order valence-corrected chi connectivity index (χ4v) is 3.71. The van der Waals surface area contributed by atoms with Crippen LogP contribution in [0.4, 0.5) is 10.5 Å². The molecule has 1 unspecified atom stereocenters. The second kappa shape index (κ2) is 9.45. The summed E-state index contributed by atoms with van der Waals surface area (Å²) in [5.41, 5.74) is 0.775. The van der Waals surface area contributed by atoms with Crippen LogP contribution in [0.25, 0.3) is 0 Å². The molecule has 2 amide bonds. The number of hydrogen-bond donors (Lipinski definition) is 1. The molecule has 1 aliphatic rings. The molecule has 0 aliphatic heterocycles. The van der Waals surface area contributed by atoms with Gasteiger partial charge >= 0.3 is 6.03 Å². The van der Waals surface area contributed by atoms with Crippen molar-refractivity contribution >= 4 is 11.7 Å². The molecule has 4 nitrogen and oxygen atoms in total. The molecule has 0 aromatic heterocycles. The highest BCUT2D eigenvalue weighted by molar-refractivity contribution is 5.89. The van der Waals surface area contributed by atoms with Crippen LogP contribution in [0.15, 0.2) is 54.6 Å². The van der Waals surface area contributed by atoms with Crippen LogP contribution in [0.5, 0.6) is 11.5 Å². The molecular weight excluding hydrogens is 336 g/mol. The third-order valence-corrected chi connectivity index (χ3v) is 5.47. The van der Waals surface area contributed by atoms with Gasteiger partial charge in [-0.3, -0.25) is 0 Å². The summed E-state index contributed by atoms with van der Waals surface area (Å²) < 4.78 is 5.79. The number of carbonyl (C=O) groups excluding carboxylic acids is 1. The zero-order chi connectivity index (χ0) is 19.1. The Hall–Kier alpha value is -2.49. The van der Waals surface area contributed by atoms with E-state index < -0.39 is 0 Å². The van der Waals surface area contributed by atoms with Gasteiger partial charge in [-0.25, -0.2) is 4.79 Å². The summed E-state index contributed by atoms with van der Waals surface area (Å²) in [4.78, 5) is 14.4. The minimum Gasteiger partial charge on any atom is -0.457 e. The molecule has 1 saturated carbocycles. The van der Waals surface area contributed by atoms with Crippen LogP contribution in [-0.2, 0) is 0 Å². The number of amides is 2. The molecule has 27 heavy (non-hydrogen) atoms. The minimum absolute atomic E-state index is 0.0602. The number of anilines is 1. The minimum atomic E-state index is -0.0602. The van der Waals surface area contributed by atoms with Crippen LogP contribution in [-0.4, -0.2) is 24.0 Å². The molecule has 1 N–H and O–H groups in total. The van der Waals surface area contributed by atoms with Crippen molar-refractivity contribution < 1.29 is 9.53 Å². The largest absolute Gasteiger partial charge is 0.457 e. The molecule has 2 aromatic carbocycles. The maximum absolute atomic E-state index is 12.6. The Bertz CT molecular complexity index is 709. The van der Waals surface area contributed by atoms with Crippen molar-refractivity contribution in [2.75, 3.05) is 12.4 Å². The van der Waals surface area contributed by atoms with Crippen LogP contribution in [0, 0.1) is 5.92 Å². The smallest absolute Gasteiger partial charge is 0.321 e. The fraction of sp³-hybridized carbons (Fsp3) is 0.435. The fourth-order valence-electron chi connectivity index (χ4n) is 3.71. The molecule has 0 saturated heterocycles. The quantitative estimate of drug-likeness (QED) is 0.651. The van der Waals surface area contributed by atoms with E-state index in [9.17, 15) is 4.79 Å². The number of benzene rings is 2. The van der Waals surface area contributed by atoms with E-state index in [0.717, 1.165) is 29.5 Å². The van der Waals surface area contributed by atoms with Crippen molar-refractivity contribution in [3.8, 4) is 11.5 Å². The Morgan fingerprint density at radius 2 is 1.67 bits per heavy atom. The highest BCUT2D eigenvalue weighted by Crippen LogP contribution is 2.28. The van der Waals surface area contributed by atoms with E-state index in [0.29, 0.717) is 0 Å². The van der Waals surface area contributed by atoms with Gasteiger partial charge in [-0.2, -0.15) is 0 Å². The van der Waals surface area contributed by atoms with Gasteiger partial charge in [0.25, 0.3) is 0 Å². The molecule has 0 spiro atoms. The summed E-state index contributed by atoms with van der Waals surface area (Å²) in [5, 5.41) is 2.98. The molecule has 4 heteroatoms. The number of nitrogens with one attached hydrogen (secondary N) is 1. The monoisotopic (exact) mass is 366 g/mol. The predicted molar refractivity (Wildman–Crippen MR) is 110 cm³/mol. The van der Waals surface area contributed by atoms with Crippen molar-refractivity contribution in [3.05, 3.63) is 54.6 Å². The predicted octanol–water partition coefficient (Wildman–Crippen LogP) is 6.30. The topological polar surface area (TPSA) is 41.6 Å². The number of rotatable bonds is 6. The lowest BCUT2D eigenvalue weighted by Crippen LogP contribution is -2.39. The first-order chi connectivity index (χ1) is 13.1. The molecule has 1 aliphatic carbocycles. The van der Waals surface area contributed by atoms with E-state index in [1.165, 1.54) is 32.1 Å². The maximum Gasteiger partial charge on any atom is 0.321 e. The van der Waals surface area contributed by atoms with E-state index in [2.05, 4.69) is 12.2 Å². The lowest BCUT2D eigenvalue weighted by atomic mass is 9.85. The molecule has 144 valence electrons. The third kappa shape index (κ3) is 5.75. The third-order valence-electron chi connectivity index (χ3n) is 5.47. The first kappa shape index (κ1) is 19.3. The average Bonchev–Trinajstić information content (AvgIpc) is 2.70. The van der Waals surface area contributed by atoms with Crippen molar-refractivity contribution in [3.63, 3.8) is 0 Å². The standard InChI is InChI=1S/C23H30N2O2/c1-18(17-19-9-5-3-6-10-19)25(2)23(26)24-20-13-15-22(16-14-20)27-21-11-7-4-8-12-21/h4,7-8,11-16,18-19H,3,5-6,9-10,17H2,1-2H3,(H,24,26). The second-order valence-electron chi connectivity index (χ2n) is 7.57. The molecule has 0 bridgehead atoms. The van der Waals surface area contributed by atoms with Crippen molar-refractivity contribution in [2.45, 2.75) is 51.5 Å². The average molecular weight is 367 g/mol. The van der Waals surface area contributed by atoms with E-state index in [1.807, 2.05) is 66.5 Å². The summed E-state index contributed by atoms with van der Waals surface area (Å²) in [6.45, 7) is 2.14. The normalized spacial score (nSPS) is 15.8. The zero-order valence-corrected chi connectivity index (χ0v) is 16.4. The zero-order valence-electron chi connectivity index (χ0n) is 16.4. The van der Waals surface area contributed by atoms with E-state index in [-0.39, 0.29) is 12.1 Å². The first-order valence-electron chi connectivity index (χ1n) is 9.98. The van der Waals surface area contributed by atoms with Crippen LogP contribution in [0.3, 0.4) is 0 Å². The Morgan fingerprint density at radius 1 is 1.04 bits per heavy atom. The number of nitrogens with zero attached hydrogens (tertiary/aromatic N) is 1. The molecule has 1 fully saturated rings. The van der Waals surface area contributed by atoms with Gasteiger partial charge in [0.05, 0.1) is 0 Å².